The zero-order valence-electron chi connectivity index (χ0n) is 14.8. The van der Waals surface area contributed by atoms with Crippen molar-refractivity contribution in [3.05, 3.63) is 29.8 Å². The number of hydrogen-bond donors (Lipinski definition) is 4. The average Bonchev–Trinajstić information content (AvgIpc) is 2.49. The van der Waals surface area contributed by atoms with Gasteiger partial charge in [-0.3, -0.25) is 0 Å². The number of alkyl carbamates (subject to hydrolysis) is 1. The minimum absolute atomic E-state index is 0.237. The van der Waals surface area contributed by atoms with Crippen LogP contribution in [-0.4, -0.2) is 42.4 Å². The number of phenols is 1. The molecule has 7 heteroatoms. The Labute approximate surface area is 143 Å². The molecule has 134 valence electrons. The molecule has 0 aliphatic carbocycles. The molecule has 1 aromatic carbocycles. The van der Waals surface area contributed by atoms with Crippen LogP contribution in [0, 0.1) is 0 Å². The first-order valence-electron chi connectivity index (χ1n) is 8.07. The van der Waals surface area contributed by atoms with E-state index < -0.39 is 11.7 Å². The van der Waals surface area contributed by atoms with Crippen molar-refractivity contribution in [2.75, 3.05) is 19.6 Å². The van der Waals surface area contributed by atoms with E-state index in [1.807, 2.05) is 39.8 Å². The standard InChI is InChI=1S/C17H28N4O3/c1-5-18-15(21-12-13-6-8-14(22)9-7-13)19-10-11-20-16(23)24-17(2,3)4/h6-9,22H,5,10-12H2,1-4H3,(H,20,23)(H2,18,19,21). The molecule has 1 amide bonds. The number of aliphatic imine (C=N–C) groups is 1. The maximum absolute atomic E-state index is 11.5. The Morgan fingerprint density at radius 1 is 1.12 bits per heavy atom. The molecule has 0 fully saturated rings. The second kappa shape index (κ2) is 9.64. The number of rotatable bonds is 6. The topological polar surface area (TPSA) is 95.0 Å². The van der Waals surface area contributed by atoms with Gasteiger partial charge in [0, 0.05) is 19.6 Å². The third kappa shape index (κ3) is 8.87. The number of ether oxygens (including phenoxy) is 1. The first-order valence-corrected chi connectivity index (χ1v) is 8.07. The fourth-order valence-electron chi connectivity index (χ4n) is 1.77. The number of carbonyl (C=O) groups is 1. The number of nitrogens with one attached hydrogen (secondary N) is 3. The molecule has 0 spiro atoms. The smallest absolute Gasteiger partial charge is 0.407 e. The lowest BCUT2D eigenvalue weighted by Crippen LogP contribution is -2.42. The molecule has 1 rings (SSSR count). The second-order valence-corrected chi connectivity index (χ2v) is 6.22. The minimum atomic E-state index is -0.502. The van der Waals surface area contributed by atoms with E-state index in [0.29, 0.717) is 25.6 Å². The molecule has 0 aliphatic rings. The number of amides is 1. The van der Waals surface area contributed by atoms with Crippen LogP contribution >= 0.6 is 0 Å². The highest BCUT2D eigenvalue weighted by molar-refractivity contribution is 5.79. The number of carbonyl (C=O) groups excluding carboxylic acids is 1. The molecule has 7 nitrogen and oxygen atoms in total. The van der Waals surface area contributed by atoms with Crippen molar-refractivity contribution in [1.29, 1.82) is 0 Å². The van der Waals surface area contributed by atoms with Gasteiger partial charge in [-0.2, -0.15) is 0 Å². The SMILES string of the molecule is CCNC(=NCc1ccc(O)cc1)NCCNC(=O)OC(C)(C)C. The maximum atomic E-state index is 11.5. The minimum Gasteiger partial charge on any atom is -0.508 e. The van der Waals surface area contributed by atoms with Gasteiger partial charge in [-0.1, -0.05) is 12.1 Å². The molecule has 0 saturated heterocycles. The summed E-state index contributed by atoms with van der Waals surface area (Å²) in [6.45, 7) is 9.64. The monoisotopic (exact) mass is 336 g/mol. The third-order valence-corrected chi connectivity index (χ3v) is 2.79. The molecule has 0 aliphatic heterocycles. The summed E-state index contributed by atoms with van der Waals surface area (Å²) in [5.74, 6) is 0.901. The van der Waals surface area contributed by atoms with Crippen molar-refractivity contribution < 1.29 is 14.6 Å². The van der Waals surface area contributed by atoms with E-state index in [2.05, 4.69) is 20.9 Å². The molecular weight excluding hydrogens is 308 g/mol. The van der Waals surface area contributed by atoms with Gasteiger partial charge in [0.25, 0.3) is 0 Å². The number of hydrogen-bond acceptors (Lipinski definition) is 4. The Bertz CT molecular complexity index is 536. The summed E-state index contributed by atoms with van der Waals surface area (Å²) in [4.78, 5) is 16.0. The highest BCUT2D eigenvalue weighted by atomic mass is 16.6. The van der Waals surface area contributed by atoms with E-state index in [0.717, 1.165) is 12.1 Å². The number of nitrogens with zero attached hydrogens (tertiary/aromatic N) is 1. The number of guanidine groups is 1. The lowest BCUT2D eigenvalue weighted by Gasteiger charge is -2.19. The van der Waals surface area contributed by atoms with Crippen LogP contribution in [0.4, 0.5) is 4.79 Å². The predicted molar refractivity (Wildman–Crippen MR) is 95.2 cm³/mol. The normalized spacial score (nSPS) is 11.8. The Hall–Kier alpha value is -2.44. The second-order valence-electron chi connectivity index (χ2n) is 6.22. The van der Waals surface area contributed by atoms with Crippen LogP contribution < -0.4 is 16.0 Å². The van der Waals surface area contributed by atoms with Crippen molar-refractivity contribution >= 4 is 12.1 Å². The number of benzene rings is 1. The number of phenolic OH excluding ortho intramolecular Hbond substituents is 1. The highest BCUT2D eigenvalue weighted by Gasteiger charge is 2.15. The van der Waals surface area contributed by atoms with Gasteiger partial charge in [-0.15, -0.1) is 0 Å². The molecule has 0 unspecified atom stereocenters. The number of aromatic hydroxyl groups is 1. The van der Waals surface area contributed by atoms with Crippen LogP contribution in [0.3, 0.4) is 0 Å². The lowest BCUT2D eigenvalue weighted by molar-refractivity contribution is 0.0529. The van der Waals surface area contributed by atoms with Gasteiger partial charge in [0.1, 0.15) is 11.4 Å². The maximum Gasteiger partial charge on any atom is 0.407 e. The lowest BCUT2D eigenvalue weighted by atomic mass is 10.2. The van der Waals surface area contributed by atoms with Gasteiger partial charge in [0.05, 0.1) is 6.54 Å². The summed E-state index contributed by atoms with van der Waals surface area (Å²) in [5.41, 5.74) is 0.495. The molecule has 1 aromatic rings. The molecule has 0 heterocycles. The van der Waals surface area contributed by atoms with Gasteiger partial charge in [-0.25, -0.2) is 9.79 Å². The van der Waals surface area contributed by atoms with Gasteiger partial charge in [0.2, 0.25) is 0 Å². The fraction of sp³-hybridized carbons (Fsp3) is 0.529. The summed E-state index contributed by atoms with van der Waals surface area (Å²) in [6, 6.07) is 6.92. The Balaban J connectivity index is 2.38. The van der Waals surface area contributed by atoms with Crippen molar-refractivity contribution in [1.82, 2.24) is 16.0 Å². The van der Waals surface area contributed by atoms with Crippen LogP contribution in [0.2, 0.25) is 0 Å². The van der Waals surface area contributed by atoms with E-state index in [4.69, 9.17) is 4.74 Å². The Kier molecular flexibility index (Phi) is 7.88. The first kappa shape index (κ1) is 19.6. The Morgan fingerprint density at radius 3 is 2.33 bits per heavy atom. The summed E-state index contributed by atoms with van der Waals surface area (Å²) < 4.78 is 5.16. The molecule has 0 atom stereocenters. The van der Waals surface area contributed by atoms with Crippen LogP contribution in [0.25, 0.3) is 0 Å². The van der Waals surface area contributed by atoms with Crippen LogP contribution in [0.1, 0.15) is 33.3 Å². The van der Waals surface area contributed by atoms with Crippen LogP contribution in [0.15, 0.2) is 29.3 Å². The summed E-state index contributed by atoms with van der Waals surface area (Å²) in [7, 11) is 0. The van der Waals surface area contributed by atoms with Crippen LogP contribution in [-0.2, 0) is 11.3 Å². The molecular formula is C17H28N4O3. The molecule has 0 aromatic heterocycles. The van der Waals surface area contributed by atoms with E-state index in [1.54, 1.807) is 12.1 Å². The van der Waals surface area contributed by atoms with Crippen LogP contribution in [0.5, 0.6) is 5.75 Å². The Morgan fingerprint density at radius 2 is 1.75 bits per heavy atom. The zero-order chi connectivity index (χ0) is 18.0. The van der Waals surface area contributed by atoms with Crippen molar-refractivity contribution in [2.45, 2.75) is 39.8 Å². The summed E-state index contributed by atoms with van der Waals surface area (Å²) in [6.07, 6.45) is -0.435. The summed E-state index contributed by atoms with van der Waals surface area (Å²) in [5, 5.41) is 18.2. The van der Waals surface area contributed by atoms with Gasteiger partial charge < -0.3 is 25.8 Å². The zero-order valence-corrected chi connectivity index (χ0v) is 14.8. The van der Waals surface area contributed by atoms with E-state index in [1.165, 1.54) is 0 Å². The molecule has 0 saturated carbocycles. The molecule has 0 radical (unpaired) electrons. The average molecular weight is 336 g/mol. The van der Waals surface area contributed by atoms with Crippen molar-refractivity contribution in [2.24, 2.45) is 4.99 Å². The van der Waals surface area contributed by atoms with E-state index in [-0.39, 0.29) is 5.75 Å². The van der Waals surface area contributed by atoms with Crippen molar-refractivity contribution in [3.63, 3.8) is 0 Å². The van der Waals surface area contributed by atoms with Gasteiger partial charge >= 0.3 is 6.09 Å². The first-order chi connectivity index (χ1) is 11.3. The fourth-order valence-corrected chi connectivity index (χ4v) is 1.77. The highest BCUT2D eigenvalue weighted by Crippen LogP contribution is 2.10. The van der Waals surface area contributed by atoms with E-state index in [9.17, 15) is 9.90 Å². The summed E-state index contributed by atoms with van der Waals surface area (Å²) >= 11 is 0. The molecule has 4 N–H and O–H groups in total. The van der Waals surface area contributed by atoms with E-state index >= 15 is 0 Å². The quantitative estimate of drug-likeness (QED) is 0.362. The molecule has 24 heavy (non-hydrogen) atoms. The van der Waals surface area contributed by atoms with Crippen molar-refractivity contribution in [3.8, 4) is 5.75 Å². The predicted octanol–water partition coefficient (Wildman–Crippen LogP) is 1.97. The third-order valence-electron chi connectivity index (χ3n) is 2.79. The van der Waals surface area contributed by atoms with Gasteiger partial charge in [0.15, 0.2) is 5.96 Å². The molecule has 0 bridgehead atoms. The largest absolute Gasteiger partial charge is 0.508 e. The van der Waals surface area contributed by atoms with Gasteiger partial charge in [-0.05, 0) is 45.4 Å².